The van der Waals surface area contributed by atoms with Crippen LogP contribution in [0, 0.1) is 20.2 Å². The van der Waals surface area contributed by atoms with Crippen molar-refractivity contribution in [2.75, 3.05) is 6.61 Å². The molecule has 0 bridgehead atoms. The van der Waals surface area contributed by atoms with Gasteiger partial charge in [0.25, 0.3) is 5.69 Å². The molecule has 0 saturated carbocycles. The number of nitro benzene ring substituents is 1. The Kier molecular flexibility index (Phi) is 3.89. The Morgan fingerprint density at radius 3 is 2.65 bits per heavy atom. The molecule has 1 aromatic carbocycles. The van der Waals surface area contributed by atoms with E-state index in [1.807, 2.05) is 0 Å². The summed E-state index contributed by atoms with van der Waals surface area (Å²) in [6.45, 7) is 0.497. The number of hydrogen-bond donors (Lipinski definition) is 0. The van der Waals surface area contributed by atoms with E-state index >= 15 is 0 Å². The topological polar surface area (TPSA) is 113 Å². The van der Waals surface area contributed by atoms with Crippen molar-refractivity contribution in [2.45, 2.75) is 6.54 Å². The molecular weight excluding hydrogens is 268 g/mol. The Hall–Kier alpha value is -2.97. The van der Waals surface area contributed by atoms with Gasteiger partial charge in [0.2, 0.25) is 0 Å². The third-order valence-electron chi connectivity index (χ3n) is 2.43. The lowest BCUT2D eigenvalue weighted by Gasteiger charge is -2.04. The van der Waals surface area contributed by atoms with Gasteiger partial charge in [0, 0.05) is 6.07 Å². The molecule has 0 atom stereocenters. The second kappa shape index (κ2) is 5.78. The molecule has 0 spiro atoms. The van der Waals surface area contributed by atoms with E-state index in [1.165, 1.54) is 35.1 Å². The molecule has 0 N–H and O–H groups in total. The van der Waals surface area contributed by atoms with Crippen LogP contribution in [0.5, 0.6) is 5.75 Å². The average Bonchev–Trinajstić information content (AvgIpc) is 2.88. The average molecular weight is 278 g/mol. The second-order valence-corrected chi connectivity index (χ2v) is 3.80. The fourth-order valence-corrected chi connectivity index (χ4v) is 1.52. The van der Waals surface area contributed by atoms with Crippen molar-refractivity contribution in [1.29, 1.82) is 0 Å². The highest BCUT2D eigenvalue weighted by atomic mass is 16.6. The van der Waals surface area contributed by atoms with E-state index in [0.717, 1.165) is 0 Å². The highest BCUT2D eigenvalue weighted by Gasteiger charge is 2.11. The van der Waals surface area contributed by atoms with Crippen molar-refractivity contribution >= 4 is 11.5 Å². The Bertz CT molecular complexity index is 639. The highest BCUT2D eigenvalue weighted by Crippen LogP contribution is 2.19. The van der Waals surface area contributed by atoms with Gasteiger partial charge in [-0.1, -0.05) is 6.07 Å². The first-order chi connectivity index (χ1) is 9.56. The zero-order valence-electron chi connectivity index (χ0n) is 10.2. The fraction of sp³-hybridized carbons (Fsp3) is 0.182. The van der Waals surface area contributed by atoms with Crippen LogP contribution >= 0.6 is 0 Å². The van der Waals surface area contributed by atoms with Crippen LogP contribution in [0.15, 0.2) is 36.5 Å². The molecule has 9 nitrogen and oxygen atoms in total. The molecule has 0 amide bonds. The maximum atomic E-state index is 10.6. The van der Waals surface area contributed by atoms with Crippen LogP contribution in [0.2, 0.25) is 0 Å². The number of hydrogen-bond acceptors (Lipinski definition) is 6. The summed E-state index contributed by atoms with van der Waals surface area (Å²) >= 11 is 0. The molecule has 2 rings (SSSR count). The van der Waals surface area contributed by atoms with E-state index in [4.69, 9.17) is 4.74 Å². The largest absolute Gasteiger partial charge is 0.491 e. The third kappa shape index (κ3) is 3.28. The molecule has 1 heterocycles. The monoisotopic (exact) mass is 278 g/mol. The summed E-state index contributed by atoms with van der Waals surface area (Å²) in [5, 5.41) is 24.7. The van der Waals surface area contributed by atoms with Gasteiger partial charge < -0.3 is 14.9 Å². The van der Waals surface area contributed by atoms with Gasteiger partial charge in [-0.05, 0) is 11.0 Å². The number of benzene rings is 1. The summed E-state index contributed by atoms with van der Waals surface area (Å²) < 4.78 is 6.71. The molecule has 0 radical (unpaired) electrons. The number of rotatable bonds is 6. The summed E-state index contributed by atoms with van der Waals surface area (Å²) in [4.78, 5) is 19.9. The van der Waals surface area contributed by atoms with Crippen molar-refractivity contribution in [3.8, 4) is 5.75 Å². The molecule has 20 heavy (non-hydrogen) atoms. The quantitative estimate of drug-likeness (QED) is 0.587. The van der Waals surface area contributed by atoms with Crippen molar-refractivity contribution in [1.82, 2.24) is 9.78 Å². The molecule has 0 unspecified atom stereocenters. The molecule has 1 aromatic heterocycles. The molecule has 0 aliphatic carbocycles. The van der Waals surface area contributed by atoms with Crippen LogP contribution in [-0.4, -0.2) is 26.2 Å². The molecule has 0 fully saturated rings. The maximum Gasteiger partial charge on any atom is 0.389 e. The molecule has 0 aliphatic heterocycles. The van der Waals surface area contributed by atoms with Crippen molar-refractivity contribution in [2.24, 2.45) is 0 Å². The van der Waals surface area contributed by atoms with E-state index in [0.29, 0.717) is 12.3 Å². The third-order valence-corrected chi connectivity index (χ3v) is 2.43. The highest BCUT2D eigenvalue weighted by molar-refractivity contribution is 5.37. The predicted molar refractivity (Wildman–Crippen MR) is 67.5 cm³/mol. The lowest BCUT2D eigenvalue weighted by atomic mass is 10.3. The number of ether oxygens (including phenoxy) is 1. The van der Waals surface area contributed by atoms with Crippen LogP contribution in [0.1, 0.15) is 0 Å². The first-order valence-electron chi connectivity index (χ1n) is 5.61. The summed E-state index contributed by atoms with van der Waals surface area (Å²) in [5.74, 6) is 0.126. The van der Waals surface area contributed by atoms with Crippen LogP contribution in [0.4, 0.5) is 11.5 Å². The van der Waals surface area contributed by atoms with E-state index in [-0.39, 0.29) is 18.1 Å². The van der Waals surface area contributed by atoms with Crippen LogP contribution in [0.3, 0.4) is 0 Å². The van der Waals surface area contributed by atoms with Crippen LogP contribution < -0.4 is 4.74 Å². The Balaban J connectivity index is 1.90. The zero-order valence-corrected chi connectivity index (χ0v) is 10.2. The molecule has 104 valence electrons. The smallest absolute Gasteiger partial charge is 0.389 e. The lowest BCUT2D eigenvalue weighted by molar-refractivity contribution is -0.389. The molecule has 0 saturated heterocycles. The standard InChI is InChI=1S/C11H10N4O5/c16-14(17)9-2-1-3-10(8-9)20-7-6-13-5-4-11(12-13)15(18)19/h1-5,8H,6-7H2. The van der Waals surface area contributed by atoms with E-state index in [2.05, 4.69) is 5.10 Å². The van der Waals surface area contributed by atoms with Gasteiger partial charge in [0.1, 0.15) is 12.4 Å². The van der Waals surface area contributed by atoms with Gasteiger partial charge in [-0.2, -0.15) is 4.68 Å². The molecule has 0 aliphatic rings. The lowest BCUT2D eigenvalue weighted by Crippen LogP contribution is -2.09. The Labute approximate surface area is 112 Å². The first-order valence-corrected chi connectivity index (χ1v) is 5.61. The van der Waals surface area contributed by atoms with Gasteiger partial charge in [-0.3, -0.25) is 10.1 Å². The van der Waals surface area contributed by atoms with Crippen molar-refractivity contribution in [3.05, 3.63) is 56.8 Å². The maximum absolute atomic E-state index is 10.6. The van der Waals surface area contributed by atoms with Gasteiger partial charge in [-0.25, -0.2) is 0 Å². The van der Waals surface area contributed by atoms with Gasteiger partial charge in [0.05, 0.1) is 34.9 Å². The van der Waals surface area contributed by atoms with Gasteiger partial charge in [0.15, 0.2) is 0 Å². The minimum absolute atomic E-state index is 0.0581. The number of non-ortho nitro benzene ring substituents is 1. The van der Waals surface area contributed by atoms with E-state index in [1.54, 1.807) is 6.07 Å². The summed E-state index contributed by atoms with van der Waals surface area (Å²) in [7, 11) is 0. The molecule has 9 heteroatoms. The first kappa shape index (κ1) is 13.5. The van der Waals surface area contributed by atoms with Crippen molar-refractivity contribution < 1.29 is 14.6 Å². The molecule has 2 aromatic rings. The zero-order chi connectivity index (χ0) is 14.5. The SMILES string of the molecule is O=[N+]([O-])c1cccc(OCCn2ccc([N+](=O)[O-])n2)c1. The van der Waals surface area contributed by atoms with E-state index < -0.39 is 9.85 Å². The minimum Gasteiger partial charge on any atom is -0.491 e. The van der Waals surface area contributed by atoms with Gasteiger partial charge in [-0.15, -0.1) is 0 Å². The van der Waals surface area contributed by atoms with Crippen LogP contribution in [-0.2, 0) is 6.54 Å². The number of nitrogens with zero attached hydrogens (tertiary/aromatic N) is 4. The van der Waals surface area contributed by atoms with Gasteiger partial charge >= 0.3 is 5.82 Å². The summed E-state index contributed by atoms with van der Waals surface area (Å²) in [6.07, 6.45) is 1.47. The Morgan fingerprint density at radius 1 is 1.20 bits per heavy atom. The fourth-order valence-electron chi connectivity index (χ4n) is 1.52. The minimum atomic E-state index is -0.585. The second-order valence-electron chi connectivity index (χ2n) is 3.80. The van der Waals surface area contributed by atoms with Crippen molar-refractivity contribution in [3.63, 3.8) is 0 Å². The molecular formula is C11H10N4O5. The van der Waals surface area contributed by atoms with Crippen LogP contribution in [0.25, 0.3) is 0 Å². The summed E-state index contributed by atoms with van der Waals surface area (Å²) in [5.41, 5.74) is -0.0581. The predicted octanol–water partition coefficient (Wildman–Crippen LogP) is 1.78. The number of aromatic nitrogens is 2. The van der Waals surface area contributed by atoms with E-state index in [9.17, 15) is 20.2 Å². The Morgan fingerprint density at radius 2 is 2.00 bits per heavy atom. The number of nitro groups is 2. The normalized spacial score (nSPS) is 10.2. The summed E-state index contributed by atoms with van der Waals surface area (Å²) in [6, 6.07) is 7.08.